The first kappa shape index (κ1) is 21.9. The Morgan fingerprint density at radius 2 is 2.00 bits per heavy atom. The molecule has 3 aromatic rings. The van der Waals surface area contributed by atoms with Gasteiger partial charge in [0.05, 0.1) is 35.8 Å². The van der Waals surface area contributed by atoms with Crippen molar-refractivity contribution in [1.29, 1.82) is 0 Å². The lowest BCUT2D eigenvalue weighted by Crippen LogP contribution is -2.37. The molecule has 0 saturated carbocycles. The van der Waals surface area contributed by atoms with Crippen LogP contribution in [0.3, 0.4) is 0 Å². The van der Waals surface area contributed by atoms with Gasteiger partial charge in [-0.15, -0.1) is 0 Å². The first-order valence-electron chi connectivity index (χ1n) is 9.72. The summed E-state index contributed by atoms with van der Waals surface area (Å²) in [7, 11) is -3.91. The molecule has 0 aliphatic carbocycles. The van der Waals surface area contributed by atoms with Crippen LogP contribution in [0.25, 0.3) is 16.5 Å². The van der Waals surface area contributed by atoms with Crippen LogP contribution in [0.2, 0.25) is 0 Å². The van der Waals surface area contributed by atoms with Crippen LogP contribution in [0.15, 0.2) is 41.7 Å². The molecule has 11 heteroatoms. The molecule has 0 spiro atoms. The summed E-state index contributed by atoms with van der Waals surface area (Å²) in [5.41, 5.74) is 1.96. The Kier molecular flexibility index (Phi) is 5.45. The van der Waals surface area contributed by atoms with Crippen LogP contribution in [0, 0.1) is 17.6 Å². The van der Waals surface area contributed by atoms with Crippen molar-refractivity contribution < 1.29 is 27.1 Å². The van der Waals surface area contributed by atoms with Crippen LogP contribution < -0.4 is 0 Å². The average Bonchev–Trinajstić information content (AvgIpc) is 3.13. The van der Waals surface area contributed by atoms with Crippen LogP contribution in [0.1, 0.15) is 18.3 Å². The lowest BCUT2D eigenvalue weighted by Gasteiger charge is -2.28. The monoisotopic (exact) mass is 462 g/mol. The predicted octanol–water partition coefficient (Wildman–Crippen LogP) is 3.17. The molecule has 0 fully saturated rings. The van der Waals surface area contributed by atoms with Gasteiger partial charge in [0.2, 0.25) is 0 Å². The fourth-order valence-corrected chi connectivity index (χ4v) is 4.62. The summed E-state index contributed by atoms with van der Waals surface area (Å²) in [4.78, 5) is 20.5. The third-order valence-corrected chi connectivity index (χ3v) is 6.55. The normalized spacial score (nSPS) is 16.9. The molecule has 32 heavy (non-hydrogen) atoms. The zero-order valence-corrected chi connectivity index (χ0v) is 18.1. The number of carbonyl (C=O) groups is 1. The largest absolute Gasteiger partial charge is 0.465 e. The molecule has 1 unspecified atom stereocenters. The molecule has 4 rings (SSSR count). The van der Waals surface area contributed by atoms with E-state index in [4.69, 9.17) is 5.11 Å². The Balaban J connectivity index is 1.61. The van der Waals surface area contributed by atoms with Crippen molar-refractivity contribution >= 4 is 32.4 Å². The molecular weight excluding hydrogens is 442 g/mol. The molecule has 1 amide bonds. The minimum absolute atomic E-state index is 0.0468. The van der Waals surface area contributed by atoms with Crippen molar-refractivity contribution in [3.05, 3.63) is 59.8 Å². The molecule has 0 bridgehead atoms. The molecule has 1 aliphatic rings. The van der Waals surface area contributed by atoms with Gasteiger partial charge in [-0.2, -0.15) is 0 Å². The molecule has 168 valence electrons. The van der Waals surface area contributed by atoms with E-state index in [0.29, 0.717) is 17.9 Å². The van der Waals surface area contributed by atoms with Gasteiger partial charge in [-0.25, -0.2) is 22.0 Å². The Morgan fingerprint density at radius 3 is 2.59 bits per heavy atom. The van der Waals surface area contributed by atoms with E-state index < -0.39 is 32.5 Å². The molecule has 1 aromatic carbocycles. The highest BCUT2D eigenvalue weighted by atomic mass is 32.2. The van der Waals surface area contributed by atoms with Gasteiger partial charge in [-0.3, -0.25) is 9.97 Å². The molecule has 1 atom stereocenters. The number of hydrogen-bond acceptors (Lipinski definition) is 5. The highest BCUT2D eigenvalue weighted by Gasteiger charge is 2.25. The lowest BCUT2D eigenvalue weighted by atomic mass is 9.94. The molecule has 0 saturated heterocycles. The van der Waals surface area contributed by atoms with E-state index in [0.717, 1.165) is 17.9 Å². The maximum Gasteiger partial charge on any atom is 0.407 e. The van der Waals surface area contributed by atoms with Crippen molar-refractivity contribution in [3.63, 3.8) is 0 Å². The van der Waals surface area contributed by atoms with E-state index in [2.05, 4.69) is 9.97 Å². The van der Waals surface area contributed by atoms with Gasteiger partial charge in [-0.1, -0.05) is 13.0 Å². The second-order valence-electron chi connectivity index (χ2n) is 7.80. The molecule has 2 aromatic heterocycles. The Bertz CT molecular complexity index is 1350. The van der Waals surface area contributed by atoms with Gasteiger partial charge in [0.15, 0.2) is 21.5 Å². The van der Waals surface area contributed by atoms with Crippen molar-refractivity contribution in [3.8, 4) is 0 Å². The molecule has 1 aliphatic heterocycles. The van der Waals surface area contributed by atoms with Gasteiger partial charge in [-0.05, 0) is 17.7 Å². The lowest BCUT2D eigenvalue weighted by molar-refractivity contribution is 0.145. The first-order chi connectivity index (χ1) is 15.1. The number of amides is 1. The van der Waals surface area contributed by atoms with Gasteiger partial charge in [0.25, 0.3) is 0 Å². The van der Waals surface area contributed by atoms with Gasteiger partial charge in [0, 0.05) is 36.8 Å². The maximum absolute atomic E-state index is 14.7. The Morgan fingerprint density at radius 1 is 1.25 bits per heavy atom. The third-order valence-electron chi connectivity index (χ3n) is 5.46. The topological polar surface area (TPSA) is 105 Å². The zero-order chi connectivity index (χ0) is 23.2. The van der Waals surface area contributed by atoms with Gasteiger partial charge >= 0.3 is 6.09 Å². The van der Waals surface area contributed by atoms with Crippen molar-refractivity contribution in [2.45, 2.75) is 18.4 Å². The molecule has 8 nitrogen and oxygen atoms in total. The summed E-state index contributed by atoms with van der Waals surface area (Å²) in [6, 6.07) is 2.63. The second-order valence-corrected chi connectivity index (χ2v) is 9.78. The fraction of sp³-hybridized carbons (Fsp3) is 0.286. The van der Waals surface area contributed by atoms with E-state index >= 15 is 0 Å². The quantitative estimate of drug-likeness (QED) is 0.639. The van der Waals surface area contributed by atoms with Crippen LogP contribution in [0.5, 0.6) is 0 Å². The highest BCUT2D eigenvalue weighted by molar-refractivity contribution is 7.90. The maximum atomic E-state index is 14.7. The number of rotatable bonds is 4. The predicted molar refractivity (Wildman–Crippen MR) is 113 cm³/mol. The molecular formula is C21H20F2N4O4S. The number of benzene rings is 1. The van der Waals surface area contributed by atoms with Crippen molar-refractivity contribution in [2.24, 2.45) is 5.92 Å². The van der Waals surface area contributed by atoms with Crippen LogP contribution in [0.4, 0.5) is 13.6 Å². The summed E-state index contributed by atoms with van der Waals surface area (Å²) in [5.74, 6) is -2.69. The van der Waals surface area contributed by atoms with Gasteiger partial charge < -0.3 is 14.6 Å². The summed E-state index contributed by atoms with van der Waals surface area (Å²) >= 11 is 0. The van der Waals surface area contributed by atoms with Crippen LogP contribution in [-0.2, 0) is 16.4 Å². The molecule has 1 N–H and O–H groups in total. The summed E-state index contributed by atoms with van der Waals surface area (Å²) in [6.07, 6.45) is 6.28. The first-order valence-corrected chi connectivity index (χ1v) is 11.6. The number of hydrogen-bond donors (Lipinski definition) is 1. The number of fused-ring (bicyclic) bond motifs is 1. The Hall–Kier alpha value is -3.34. The molecule has 3 heterocycles. The van der Waals surface area contributed by atoms with Crippen molar-refractivity contribution in [1.82, 2.24) is 19.4 Å². The smallest absolute Gasteiger partial charge is 0.407 e. The number of carboxylic acid groups (broad SMARTS) is 1. The number of sulfone groups is 1. The van der Waals surface area contributed by atoms with Crippen LogP contribution >= 0.6 is 0 Å². The summed E-state index contributed by atoms with van der Waals surface area (Å²) < 4.78 is 53.9. The van der Waals surface area contributed by atoms with Crippen LogP contribution in [-0.4, -0.2) is 58.4 Å². The van der Waals surface area contributed by atoms with E-state index in [9.17, 15) is 22.0 Å². The van der Waals surface area contributed by atoms with E-state index in [1.807, 2.05) is 13.0 Å². The minimum atomic E-state index is -3.91. The van der Waals surface area contributed by atoms with E-state index in [1.165, 1.54) is 27.9 Å². The number of aromatic nitrogens is 3. The number of nitrogens with zero attached hydrogens (tertiary/aromatic N) is 4. The SMILES string of the molecule is CC1CN(C(=O)O)CC=C1c1cnc(Cn2ccc3cc(S(C)(=O)=O)c(F)c(F)c32)cn1. The van der Waals surface area contributed by atoms with E-state index in [1.54, 1.807) is 6.20 Å². The van der Waals surface area contributed by atoms with Gasteiger partial charge in [0.1, 0.15) is 4.90 Å². The summed E-state index contributed by atoms with van der Waals surface area (Å²) in [5, 5.41) is 9.39. The second kappa shape index (κ2) is 7.97. The Labute approximate surface area is 182 Å². The standard InChI is InChI=1S/C21H20F2N4O4S/c1-12-10-27(21(28)29)6-4-15(12)16-9-24-14(8-25-16)11-26-5-3-13-7-17(32(2,30)31)18(22)19(23)20(13)26/h3-5,7-9,12H,6,10-11H2,1-2H3,(H,28,29). The third kappa shape index (κ3) is 3.95. The minimum Gasteiger partial charge on any atom is -0.465 e. The fourth-order valence-electron chi connectivity index (χ4n) is 3.86. The molecule has 0 radical (unpaired) electrons. The van der Waals surface area contributed by atoms with Crippen molar-refractivity contribution in [2.75, 3.05) is 19.3 Å². The van der Waals surface area contributed by atoms with E-state index in [-0.39, 0.29) is 29.9 Å². The zero-order valence-electron chi connectivity index (χ0n) is 17.3. The highest BCUT2D eigenvalue weighted by Crippen LogP contribution is 2.29. The average molecular weight is 462 g/mol. The summed E-state index contributed by atoms with van der Waals surface area (Å²) in [6.45, 7) is 2.64. The number of halogens is 2.